The predicted octanol–water partition coefficient (Wildman–Crippen LogP) is 5.00. The highest BCUT2D eigenvalue weighted by Gasteiger charge is 2.11. The minimum Gasteiger partial charge on any atom is -0.504 e. The third-order valence-corrected chi connectivity index (χ3v) is 4.32. The van der Waals surface area contributed by atoms with Gasteiger partial charge in [-0.3, -0.25) is 0 Å². The lowest BCUT2D eigenvalue weighted by atomic mass is 9.93. The standard InChI is InChI=1S/C19H13FO2/c1-10-13-4-5-15-14(6-7-18(21)19(15)22)17(13)8-11-2-3-12(20)9-16(10)11/h2-9,21-22H,1H3. The summed E-state index contributed by atoms with van der Waals surface area (Å²) in [5.74, 6) is -0.499. The van der Waals surface area contributed by atoms with Crippen LogP contribution in [0.5, 0.6) is 11.5 Å². The molecule has 0 aliphatic carbocycles. The Hall–Kier alpha value is -2.81. The van der Waals surface area contributed by atoms with E-state index in [1.54, 1.807) is 24.3 Å². The van der Waals surface area contributed by atoms with Gasteiger partial charge >= 0.3 is 0 Å². The highest BCUT2D eigenvalue weighted by molar-refractivity contribution is 6.15. The van der Waals surface area contributed by atoms with Crippen LogP contribution >= 0.6 is 0 Å². The van der Waals surface area contributed by atoms with Crippen LogP contribution in [0.4, 0.5) is 4.39 Å². The number of aromatic hydroxyl groups is 2. The lowest BCUT2D eigenvalue weighted by molar-refractivity contribution is 0.408. The second-order valence-corrected chi connectivity index (χ2v) is 5.56. The summed E-state index contributed by atoms with van der Waals surface area (Å²) in [6.07, 6.45) is 0. The summed E-state index contributed by atoms with van der Waals surface area (Å²) in [6.45, 7) is 1.97. The quantitative estimate of drug-likeness (QED) is 0.272. The Morgan fingerprint density at radius 2 is 1.45 bits per heavy atom. The Balaban J connectivity index is 2.25. The predicted molar refractivity (Wildman–Crippen MR) is 87.0 cm³/mol. The van der Waals surface area contributed by atoms with E-state index in [0.717, 1.165) is 32.5 Å². The molecule has 0 amide bonds. The Morgan fingerprint density at radius 1 is 0.727 bits per heavy atom. The summed E-state index contributed by atoms with van der Waals surface area (Å²) in [4.78, 5) is 0. The smallest absolute Gasteiger partial charge is 0.165 e. The van der Waals surface area contributed by atoms with E-state index in [-0.39, 0.29) is 17.3 Å². The zero-order valence-corrected chi connectivity index (χ0v) is 11.9. The molecular weight excluding hydrogens is 279 g/mol. The van der Waals surface area contributed by atoms with E-state index in [0.29, 0.717) is 5.39 Å². The van der Waals surface area contributed by atoms with Gasteiger partial charge in [-0.25, -0.2) is 4.39 Å². The molecule has 2 nitrogen and oxygen atoms in total. The molecule has 0 bridgehead atoms. The fraction of sp³-hybridized carbons (Fsp3) is 0.0526. The van der Waals surface area contributed by atoms with Crippen LogP contribution in [0.15, 0.2) is 48.5 Å². The largest absolute Gasteiger partial charge is 0.504 e. The second-order valence-electron chi connectivity index (χ2n) is 5.56. The topological polar surface area (TPSA) is 40.5 Å². The number of hydrogen-bond acceptors (Lipinski definition) is 2. The lowest BCUT2D eigenvalue weighted by Gasteiger charge is -2.11. The van der Waals surface area contributed by atoms with E-state index < -0.39 is 0 Å². The molecule has 0 unspecified atom stereocenters. The first kappa shape index (κ1) is 12.9. The highest BCUT2D eigenvalue weighted by Crippen LogP contribution is 2.39. The lowest BCUT2D eigenvalue weighted by Crippen LogP contribution is -1.86. The molecule has 0 radical (unpaired) electrons. The average Bonchev–Trinajstić information content (AvgIpc) is 2.51. The number of phenols is 2. The molecule has 0 aliphatic rings. The summed E-state index contributed by atoms with van der Waals surface area (Å²) in [5.41, 5.74) is 1.00. The van der Waals surface area contributed by atoms with Crippen molar-refractivity contribution in [2.75, 3.05) is 0 Å². The molecule has 0 aromatic heterocycles. The van der Waals surface area contributed by atoms with Crippen LogP contribution in [0.1, 0.15) is 5.56 Å². The third kappa shape index (κ3) is 1.65. The molecular formula is C19H13FO2. The molecule has 0 aliphatic heterocycles. The number of phenolic OH excluding ortho intramolecular Hbond substituents is 2. The zero-order valence-electron chi connectivity index (χ0n) is 11.9. The van der Waals surface area contributed by atoms with Crippen molar-refractivity contribution in [2.24, 2.45) is 0 Å². The van der Waals surface area contributed by atoms with Crippen molar-refractivity contribution >= 4 is 32.3 Å². The second kappa shape index (κ2) is 4.34. The molecule has 0 atom stereocenters. The van der Waals surface area contributed by atoms with Gasteiger partial charge in [0.25, 0.3) is 0 Å². The fourth-order valence-corrected chi connectivity index (χ4v) is 3.16. The highest BCUT2D eigenvalue weighted by atomic mass is 19.1. The molecule has 0 fully saturated rings. The third-order valence-electron chi connectivity index (χ3n) is 4.32. The zero-order chi connectivity index (χ0) is 15.4. The summed E-state index contributed by atoms with van der Waals surface area (Å²) in [7, 11) is 0. The molecule has 3 heteroatoms. The van der Waals surface area contributed by atoms with Crippen molar-refractivity contribution in [3.8, 4) is 11.5 Å². The van der Waals surface area contributed by atoms with Crippen molar-refractivity contribution in [1.82, 2.24) is 0 Å². The number of halogens is 1. The van der Waals surface area contributed by atoms with Gasteiger partial charge in [-0.15, -0.1) is 0 Å². The molecule has 108 valence electrons. The van der Waals surface area contributed by atoms with Crippen molar-refractivity contribution in [3.63, 3.8) is 0 Å². The van der Waals surface area contributed by atoms with Gasteiger partial charge in [0, 0.05) is 5.39 Å². The van der Waals surface area contributed by atoms with Gasteiger partial charge in [0.2, 0.25) is 0 Å². The van der Waals surface area contributed by atoms with Gasteiger partial charge in [0.05, 0.1) is 0 Å². The first-order chi connectivity index (χ1) is 10.6. The molecule has 0 saturated heterocycles. The van der Waals surface area contributed by atoms with E-state index in [4.69, 9.17) is 0 Å². The van der Waals surface area contributed by atoms with Gasteiger partial charge in [0.15, 0.2) is 11.5 Å². The first-order valence-electron chi connectivity index (χ1n) is 7.02. The van der Waals surface area contributed by atoms with Gasteiger partial charge < -0.3 is 10.2 Å². The number of fused-ring (bicyclic) bond motifs is 4. The summed E-state index contributed by atoms with van der Waals surface area (Å²) < 4.78 is 13.5. The molecule has 2 N–H and O–H groups in total. The van der Waals surface area contributed by atoms with Gasteiger partial charge in [0.1, 0.15) is 5.82 Å². The molecule has 4 rings (SSSR count). The van der Waals surface area contributed by atoms with E-state index in [1.807, 2.05) is 19.1 Å². The van der Waals surface area contributed by atoms with Crippen LogP contribution in [0, 0.1) is 12.7 Å². The SMILES string of the molecule is Cc1c2cc(F)ccc2cc2c1ccc1c(O)c(O)ccc12. The Kier molecular flexibility index (Phi) is 2.54. The van der Waals surface area contributed by atoms with E-state index in [1.165, 1.54) is 12.1 Å². The van der Waals surface area contributed by atoms with Crippen molar-refractivity contribution in [2.45, 2.75) is 6.92 Å². The molecule has 22 heavy (non-hydrogen) atoms. The van der Waals surface area contributed by atoms with Crippen LogP contribution in [-0.4, -0.2) is 10.2 Å². The van der Waals surface area contributed by atoms with Gasteiger partial charge in [-0.05, 0) is 75.8 Å². The van der Waals surface area contributed by atoms with Crippen LogP contribution in [0.3, 0.4) is 0 Å². The van der Waals surface area contributed by atoms with Gasteiger partial charge in [-0.1, -0.05) is 12.1 Å². The monoisotopic (exact) mass is 292 g/mol. The van der Waals surface area contributed by atoms with Crippen molar-refractivity contribution in [3.05, 3.63) is 59.9 Å². The maximum Gasteiger partial charge on any atom is 0.165 e. The summed E-state index contributed by atoms with van der Waals surface area (Å²) >= 11 is 0. The number of rotatable bonds is 0. The number of benzene rings is 4. The summed E-state index contributed by atoms with van der Waals surface area (Å²) in [5, 5.41) is 25.0. The van der Waals surface area contributed by atoms with Crippen LogP contribution in [0.25, 0.3) is 32.3 Å². The molecule has 4 aromatic carbocycles. The first-order valence-corrected chi connectivity index (χ1v) is 7.02. The molecule has 0 heterocycles. The van der Waals surface area contributed by atoms with Crippen LogP contribution in [0.2, 0.25) is 0 Å². The maximum atomic E-state index is 13.5. The molecule has 0 spiro atoms. The molecule has 4 aromatic rings. The number of hydrogen-bond donors (Lipinski definition) is 2. The van der Waals surface area contributed by atoms with Crippen LogP contribution < -0.4 is 0 Å². The summed E-state index contributed by atoms with van der Waals surface area (Å²) in [6, 6.07) is 13.7. The Morgan fingerprint density at radius 3 is 2.27 bits per heavy atom. The minimum absolute atomic E-state index is 0.115. The van der Waals surface area contributed by atoms with Crippen molar-refractivity contribution < 1.29 is 14.6 Å². The van der Waals surface area contributed by atoms with Crippen LogP contribution in [-0.2, 0) is 0 Å². The van der Waals surface area contributed by atoms with Crippen molar-refractivity contribution in [1.29, 1.82) is 0 Å². The minimum atomic E-state index is -0.252. The molecule has 0 saturated carbocycles. The van der Waals surface area contributed by atoms with E-state index in [9.17, 15) is 14.6 Å². The number of aryl methyl sites for hydroxylation is 1. The van der Waals surface area contributed by atoms with Gasteiger partial charge in [-0.2, -0.15) is 0 Å². The fourth-order valence-electron chi connectivity index (χ4n) is 3.16. The maximum absolute atomic E-state index is 13.5. The Labute approximate surface area is 126 Å². The Bertz CT molecular complexity index is 1070. The average molecular weight is 292 g/mol. The van der Waals surface area contributed by atoms with E-state index >= 15 is 0 Å². The van der Waals surface area contributed by atoms with E-state index in [2.05, 4.69) is 0 Å². The normalized spacial score (nSPS) is 11.5.